The Labute approximate surface area is 215 Å². The second-order valence-electron chi connectivity index (χ2n) is 8.98. The zero-order valence-electron chi connectivity index (χ0n) is 22.1. The van der Waals surface area contributed by atoms with E-state index in [0.29, 0.717) is 12.0 Å². The number of aromatic nitrogens is 3. The van der Waals surface area contributed by atoms with Gasteiger partial charge in [0, 0.05) is 23.7 Å². The van der Waals surface area contributed by atoms with E-state index in [1.165, 1.54) is 62.8 Å². The first kappa shape index (κ1) is 27.1. The first-order chi connectivity index (χ1) is 17.2. The van der Waals surface area contributed by atoms with Crippen molar-refractivity contribution < 1.29 is 4.74 Å². The predicted molar refractivity (Wildman–Crippen MR) is 150 cm³/mol. The quantitative estimate of drug-likeness (QED) is 0.305. The molecule has 6 heteroatoms. The molecule has 0 radical (unpaired) electrons. The highest BCUT2D eigenvalue weighted by Crippen LogP contribution is 2.41. The molecule has 1 aliphatic carbocycles. The summed E-state index contributed by atoms with van der Waals surface area (Å²) in [6.45, 7) is 8.52. The minimum absolute atomic E-state index is 0.477. The number of hydrogen-bond donors (Lipinski definition) is 1. The van der Waals surface area contributed by atoms with Gasteiger partial charge in [-0.1, -0.05) is 59.8 Å². The fourth-order valence-corrected chi connectivity index (χ4v) is 5.93. The highest BCUT2D eigenvalue weighted by molar-refractivity contribution is 7.15. The van der Waals surface area contributed by atoms with E-state index in [1.54, 1.807) is 18.4 Å². The van der Waals surface area contributed by atoms with Crippen molar-refractivity contribution in [2.75, 3.05) is 12.4 Å². The zero-order chi connectivity index (χ0) is 25.0. The van der Waals surface area contributed by atoms with Crippen molar-refractivity contribution in [3.63, 3.8) is 0 Å². The second-order valence-corrected chi connectivity index (χ2v) is 10.0. The zero-order valence-corrected chi connectivity index (χ0v) is 23.0. The van der Waals surface area contributed by atoms with Gasteiger partial charge in [0.1, 0.15) is 5.75 Å². The van der Waals surface area contributed by atoms with Crippen LogP contribution in [0.3, 0.4) is 0 Å². The Morgan fingerprint density at radius 1 is 0.971 bits per heavy atom. The highest BCUT2D eigenvalue weighted by atomic mass is 32.1. The molecule has 1 aromatic carbocycles. The maximum atomic E-state index is 5.37. The van der Waals surface area contributed by atoms with Gasteiger partial charge in [-0.3, -0.25) is 0 Å². The molecule has 0 spiro atoms. The average Bonchev–Trinajstić information content (AvgIpc) is 3.36. The molecule has 190 valence electrons. The molecular weight excluding hydrogens is 452 g/mol. The number of ether oxygens (including phenoxy) is 1. The molecule has 1 saturated carbocycles. The van der Waals surface area contributed by atoms with Gasteiger partial charge in [0.15, 0.2) is 0 Å². The lowest BCUT2D eigenvalue weighted by Gasteiger charge is -2.22. The van der Waals surface area contributed by atoms with Gasteiger partial charge in [0.05, 0.1) is 28.4 Å². The van der Waals surface area contributed by atoms with E-state index in [-0.39, 0.29) is 0 Å². The minimum atomic E-state index is 0.477. The van der Waals surface area contributed by atoms with Gasteiger partial charge >= 0.3 is 0 Å². The number of nitrogens with zero attached hydrogens (tertiary/aromatic N) is 3. The normalized spacial score (nSPS) is 13.9. The molecule has 0 unspecified atom stereocenters. The van der Waals surface area contributed by atoms with Gasteiger partial charge in [-0.15, -0.1) is 11.3 Å². The summed E-state index contributed by atoms with van der Waals surface area (Å²) in [6.07, 6.45) is 12.9. The van der Waals surface area contributed by atoms with Crippen LogP contribution in [0.25, 0.3) is 21.8 Å². The monoisotopic (exact) mass is 494 g/mol. The van der Waals surface area contributed by atoms with Crippen LogP contribution in [0.5, 0.6) is 5.75 Å². The van der Waals surface area contributed by atoms with Gasteiger partial charge in [0.2, 0.25) is 5.95 Å². The van der Waals surface area contributed by atoms with Gasteiger partial charge < -0.3 is 10.1 Å². The predicted octanol–water partition coefficient (Wildman–Crippen LogP) is 8.73. The third-order valence-corrected chi connectivity index (χ3v) is 7.70. The number of hydrogen-bond acceptors (Lipinski definition) is 6. The van der Waals surface area contributed by atoms with E-state index < -0.39 is 0 Å². The van der Waals surface area contributed by atoms with Crippen LogP contribution in [-0.2, 0) is 0 Å². The molecule has 35 heavy (non-hydrogen) atoms. The topological polar surface area (TPSA) is 59.9 Å². The van der Waals surface area contributed by atoms with Crippen LogP contribution in [0.1, 0.15) is 96.4 Å². The number of rotatable bonds is 10. The summed E-state index contributed by atoms with van der Waals surface area (Å²) in [5.74, 6) is 2.08. The first-order valence-electron chi connectivity index (χ1n) is 13.5. The summed E-state index contributed by atoms with van der Waals surface area (Å²) in [6, 6.07) is 10.7. The maximum Gasteiger partial charge on any atom is 0.223 e. The first-order valence-corrected chi connectivity index (χ1v) is 14.3. The molecule has 0 aliphatic heterocycles. The summed E-state index contributed by atoms with van der Waals surface area (Å²) in [4.78, 5) is 15.8. The molecule has 4 rings (SSSR count). The molecule has 1 aliphatic rings. The van der Waals surface area contributed by atoms with Gasteiger partial charge in [-0.05, 0) is 56.0 Å². The smallest absolute Gasteiger partial charge is 0.223 e. The van der Waals surface area contributed by atoms with Crippen LogP contribution in [0, 0.1) is 0 Å². The van der Waals surface area contributed by atoms with Crippen LogP contribution in [-0.4, -0.2) is 28.1 Å². The lowest BCUT2D eigenvalue weighted by molar-refractivity contribution is 0.415. The summed E-state index contributed by atoms with van der Waals surface area (Å²) in [7, 11) is 1.70. The number of methoxy groups -OCH3 is 1. The standard InChI is InChI=1S/C27H36N4OS.C2H6/c1-4-9-20(10-5-2)26-31-24(19-13-15-22(32-3)16-14-19)25(33-26)23-17-18-28-27(30-23)29-21-11-7-6-8-12-21;1-2/h13-18,20-21H,4-12H2,1-3H3,(H,28,29,30);1-2H3. The average molecular weight is 495 g/mol. The van der Waals surface area contributed by atoms with Crippen molar-refractivity contribution in [3.05, 3.63) is 41.5 Å². The lowest BCUT2D eigenvalue weighted by atomic mass is 9.96. The van der Waals surface area contributed by atoms with Gasteiger partial charge in [0.25, 0.3) is 0 Å². The molecule has 1 fully saturated rings. The molecule has 2 aromatic heterocycles. The van der Waals surface area contributed by atoms with E-state index in [2.05, 4.69) is 36.3 Å². The van der Waals surface area contributed by atoms with Crippen LogP contribution in [0.2, 0.25) is 0 Å². The third-order valence-electron chi connectivity index (χ3n) is 6.46. The molecule has 0 atom stereocenters. The van der Waals surface area contributed by atoms with Crippen molar-refractivity contribution in [1.29, 1.82) is 0 Å². The van der Waals surface area contributed by atoms with Crippen molar-refractivity contribution in [2.24, 2.45) is 0 Å². The number of benzene rings is 1. The largest absolute Gasteiger partial charge is 0.497 e. The van der Waals surface area contributed by atoms with Gasteiger partial charge in [-0.25, -0.2) is 15.0 Å². The Bertz CT molecular complexity index is 1010. The summed E-state index contributed by atoms with van der Waals surface area (Å²) < 4.78 is 5.37. The molecule has 0 bridgehead atoms. The fraction of sp³-hybridized carbons (Fsp3) is 0.552. The molecule has 0 amide bonds. The minimum Gasteiger partial charge on any atom is -0.497 e. The van der Waals surface area contributed by atoms with Crippen molar-refractivity contribution in [3.8, 4) is 27.6 Å². The van der Waals surface area contributed by atoms with E-state index >= 15 is 0 Å². The Kier molecular flexibility index (Phi) is 11.0. The van der Waals surface area contributed by atoms with Gasteiger partial charge in [-0.2, -0.15) is 0 Å². The van der Waals surface area contributed by atoms with Crippen LogP contribution in [0.15, 0.2) is 36.5 Å². The number of nitrogens with one attached hydrogen (secondary N) is 1. The summed E-state index contributed by atoms with van der Waals surface area (Å²) in [5.41, 5.74) is 3.06. The SMILES string of the molecule is CC.CCCC(CCC)c1nc(-c2ccc(OC)cc2)c(-c2ccnc(NC3CCCCC3)n2)s1. The molecule has 0 saturated heterocycles. The highest BCUT2D eigenvalue weighted by Gasteiger charge is 2.22. The molecule has 2 heterocycles. The Hall–Kier alpha value is -2.47. The number of anilines is 1. The third kappa shape index (κ3) is 7.26. The Morgan fingerprint density at radius 3 is 2.29 bits per heavy atom. The van der Waals surface area contributed by atoms with Crippen LogP contribution in [0.4, 0.5) is 5.95 Å². The molecule has 1 N–H and O–H groups in total. The van der Waals surface area contributed by atoms with E-state index in [0.717, 1.165) is 33.5 Å². The Morgan fingerprint density at radius 2 is 1.66 bits per heavy atom. The van der Waals surface area contributed by atoms with Crippen LogP contribution < -0.4 is 10.1 Å². The maximum absolute atomic E-state index is 5.37. The fourth-order valence-electron chi connectivity index (χ4n) is 4.70. The van der Waals surface area contributed by atoms with Crippen LogP contribution >= 0.6 is 11.3 Å². The molecular formula is C29H42N4OS. The molecule has 3 aromatic rings. The summed E-state index contributed by atoms with van der Waals surface area (Å²) >= 11 is 1.80. The molecule has 5 nitrogen and oxygen atoms in total. The van der Waals surface area contributed by atoms with Crippen molar-refractivity contribution in [1.82, 2.24) is 15.0 Å². The van der Waals surface area contributed by atoms with E-state index in [9.17, 15) is 0 Å². The summed E-state index contributed by atoms with van der Waals surface area (Å²) in [5, 5.41) is 4.80. The Balaban J connectivity index is 0.00000167. The second kappa shape index (κ2) is 14.2. The van der Waals surface area contributed by atoms with Crippen molar-refractivity contribution >= 4 is 17.3 Å². The van der Waals surface area contributed by atoms with E-state index in [1.807, 2.05) is 38.2 Å². The van der Waals surface area contributed by atoms with Crippen molar-refractivity contribution in [2.45, 2.75) is 97.4 Å². The van der Waals surface area contributed by atoms with E-state index in [4.69, 9.17) is 14.7 Å². The number of thiazole rings is 1. The lowest BCUT2D eigenvalue weighted by Crippen LogP contribution is -2.23.